The SMILES string of the molecule is C=C(F)C(=O)N1CCN(c2nc(OC[C@@H]3CCCN3C)nc3c2CN(Cc2nc(N)ccc2Cl)C3)C[C@@H]1CC#N. The second-order valence-electron chi connectivity index (χ2n) is 10.5. The highest BCUT2D eigenvalue weighted by Crippen LogP contribution is 2.34. The molecule has 0 radical (unpaired) electrons. The third-order valence-corrected chi connectivity index (χ3v) is 8.14. The number of carbonyl (C=O) groups is 1. The minimum Gasteiger partial charge on any atom is -0.462 e. The Morgan fingerprint density at radius 1 is 1.25 bits per heavy atom. The average molecular weight is 570 g/mol. The molecule has 5 rings (SSSR count). The van der Waals surface area contributed by atoms with Crippen molar-refractivity contribution in [1.29, 1.82) is 5.26 Å². The van der Waals surface area contributed by atoms with Gasteiger partial charge in [0.2, 0.25) is 0 Å². The molecule has 0 aromatic carbocycles. The van der Waals surface area contributed by atoms with E-state index in [1.165, 1.54) is 4.90 Å². The quantitative estimate of drug-likeness (QED) is 0.474. The number of fused-ring (bicyclic) bond motifs is 1. The second kappa shape index (κ2) is 11.9. The molecule has 2 N–H and O–H groups in total. The van der Waals surface area contributed by atoms with Gasteiger partial charge in [0.05, 0.1) is 34.9 Å². The number of likely N-dealkylation sites (N-methyl/N-ethyl adjacent to an activating group) is 1. The first kappa shape index (κ1) is 28.0. The zero-order valence-corrected chi connectivity index (χ0v) is 23.3. The van der Waals surface area contributed by atoms with E-state index in [1.54, 1.807) is 12.1 Å². The summed E-state index contributed by atoms with van der Waals surface area (Å²) in [7, 11) is 2.09. The number of amides is 1. The molecular formula is C27H33ClFN9O2. The van der Waals surface area contributed by atoms with Crippen LogP contribution in [-0.2, 0) is 24.4 Å². The molecule has 0 spiro atoms. The molecular weight excluding hydrogens is 537 g/mol. The van der Waals surface area contributed by atoms with Gasteiger partial charge in [0.15, 0.2) is 5.83 Å². The molecule has 3 aliphatic heterocycles. The van der Waals surface area contributed by atoms with Crippen molar-refractivity contribution in [2.45, 2.75) is 51.0 Å². The van der Waals surface area contributed by atoms with Crippen molar-refractivity contribution >= 4 is 29.1 Å². The number of nitrogens with two attached hydrogens (primary N) is 1. The zero-order chi connectivity index (χ0) is 28.4. The van der Waals surface area contributed by atoms with E-state index < -0.39 is 17.8 Å². The van der Waals surface area contributed by atoms with Gasteiger partial charge in [-0.25, -0.2) is 9.37 Å². The van der Waals surface area contributed by atoms with E-state index in [9.17, 15) is 14.4 Å². The molecule has 5 heterocycles. The van der Waals surface area contributed by atoms with Crippen LogP contribution in [-0.4, -0.2) is 87.5 Å². The first-order valence-electron chi connectivity index (χ1n) is 13.4. The number of carbonyl (C=O) groups excluding carboxylic acids is 1. The summed E-state index contributed by atoms with van der Waals surface area (Å²) in [6.45, 7) is 7.21. The van der Waals surface area contributed by atoms with Crippen molar-refractivity contribution in [2.75, 3.05) is 50.5 Å². The van der Waals surface area contributed by atoms with Crippen LogP contribution in [0.1, 0.15) is 36.2 Å². The maximum atomic E-state index is 13.7. The first-order valence-corrected chi connectivity index (χ1v) is 13.7. The fourth-order valence-corrected chi connectivity index (χ4v) is 5.82. The normalized spacial score (nSPS) is 21.4. The van der Waals surface area contributed by atoms with Gasteiger partial charge in [0.1, 0.15) is 18.2 Å². The van der Waals surface area contributed by atoms with Gasteiger partial charge in [-0.2, -0.15) is 15.2 Å². The van der Waals surface area contributed by atoms with E-state index in [0.717, 1.165) is 30.6 Å². The zero-order valence-electron chi connectivity index (χ0n) is 22.5. The summed E-state index contributed by atoms with van der Waals surface area (Å²) in [5.41, 5.74) is 8.35. The summed E-state index contributed by atoms with van der Waals surface area (Å²) in [5.74, 6) is -0.717. The van der Waals surface area contributed by atoms with Crippen molar-refractivity contribution in [2.24, 2.45) is 0 Å². The van der Waals surface area contributed by atoms with Crippen LogP contribution in [0.15, 0.2) is 24.5 Å². The summed E-state index contributed by atoms with van der Waals surface area (Å²) in [6, 6.07) is 5.62. The molecule has 40 heavy (non-hydrogen) atoms. The lowest BCUT2D eigenvalue weighted by atomic mass is 10.1. The van der Waals surface area contributed by atoms with Crippen molar-refractivity contribution in [3.8, 4) is 12.1 Å². The van der Waals surface area contributed by atoms with Crippen LogP contribution in [0.5, 0.6) is 6.01 Å². The molecule has 2 saturated heterocycles. The fourth-order valence-electron chi connectivity index (χ4n) is 5.65. The molecule has 2 atom stereocenters. The van der Waals surface area contributed by atoms with Crippen molar-refractivity contribution < 1.29 is 13.9 Å². The molecule has 2 fully saturated rings. The smallest absolute Gasteiger partial charge is 0.318 e. The number of likely N-dealkylation sites (tertiary alicyclic amines) is 1. The third kappa shape index (κ3) is 5.96. The number of ether oxygens (including phenoxy) is 1. The molecule has 0 aliphatic carbocycles. The van der Waals surface area contributed by atoms with Crippen LogP contribution < -0.4 is 15.4 Å². The highest BCUT2D eigenvalue weighted by Gasteiger charge is 2.36. The molecule has 1 amide bonds. The van der Waals surface area contributed by atoms with Gasteiger partial charge in [0.25, 0.3) is 5.91 Å². The maximum Gasteiger partial charge on any atom is 0.318 e. The number of rotatable bonds is 8. The van der Waals surface area contributed by atoms with Gasteiger partial charge in [-0.3, -0.25) is 9.69 Å². The Labute approximate surface area is 238 Å². The van der Waals surface area contributed by atoms with Gasteiger partial charge >= 0.3 is 6.01 Å². The Hall–Kier alpha value is -3.53. The summed E-state index contributed by atoms with van der Waals surface area (Å²) in [4.78, 5) is 34.3. The molecule has 11 nitrogen and oxygen atoms in total. The number of pyridine rings is 1. The molecule has 2 aromatic heterocycles. The minimum atomic E-state index is -1.03. The Bertz CT molecular complexity index is 1340. The van der Waals surface area contributed by atoms with Crippen LogP contribution >= 0.6 is 11.6 Å². The monoisotopic (exact) mass is 569 g/mol. The Kier molecular flexibility index (Phi) is 8.35. The highest BCUT2D eigenvalue weighted by molar-refractivity contribution is 6.31. The van der Waals surface area contributed by atoms with Crippen LogP contribution in [0, 0.1) is 11.3 Å². The van der Waals surface area contributed by atoms with Gasteiger partial charge in [-0.05, 0) is 38.6 Å². The Balaban J connectivity index is 1.41. The van der Waals surface area contributed by atoms with E-state index >= 15 is 0 Å². The highest BCUT2D eigenvalue weighted by atomic mass is 35.5. The van der Waals surface area contributed by atoms with E-state index in [4.69, 9.17) is 32.0 Å². The predicted octanol–water partition coefficient (Wildman–Crippen LogP) is 2.51. The minimum absolute atomic E-state index is 0.0614. The lowest BCUT2D eigenvalue weighted by molar-refractivity contribution is -0.131. The molecule has 0 unspecified atom stereocenters. The number of halogens is 2. The Morgan fingerprint density at radius 2 is 2.08 bits per heavy atom. The van der Waals surface area contributed by atoms with E-state index in [1.807, 2.05) is 4.90 Å². The molecule has 0 saturated carbocycles. The van der Waals surface area contributed by atoms with E-state index in [0.29, 0.717) is 73.7 Å². The van der Waals surface area contributed by atoms with Crippen molar-refractivity contribution in [3.63, 3.8) is 0 Å². The second-order valence-corrected chi connectivity index (χ2v) is 10.9. The Morgan fingerprint density at radius 3 is 2.80 bits per heavy atom. The first-order chi connectivity index (χ1) is 19.2. The largest absolute Gasteiger partial charge is 0.462 e. The lowest BCUT2D eigenvalue weighted by Crippen LogP contribution is -2.55. The van der Waals surface area contributed by atoms with Crippen molar-refractivity contribution in [1.82, 2.24) is 29.7 Å². The number of anilines is 2. The van der Waals surface area contributed by atoms with E-state index in [2.05, 4.69) is 34.5 Å². The molecule has 3 aliphatic rings. The van der Waals surface area contributed by atoms with Crippen LogP contribution in [0.3, 0.4) is 0 Å². The van der Waals surface area contributed by atoms with Crippen LogP contribution in [0.4, 0.5) is 16.0 Å². The van der Waals surface area contributed by atoms with E-state index in [-0.39, 0.29) is 13.0 Å². The number of nitriles is 1. The fraction of sp³-hybridized carbons (Fsp3) is 0.519. The number of hydrogen-bond acceptors (Lipinski definition) is 10. The summed E-state index contributed by atoms with van der Waals surface area (Å²) < 4.78 is 19.8. The molecule has 0 bridgehead atoms. The molecule has 2 aromatic rings. The van der Waals surface area contributed by atoms with Crippen LogP contribution in [0.2, 0.25) is 5.02 Å². The van der Waals surface area contributed by atoms with Crippen molar-refractivity contribution in [3.05, 3.63) is 46.5 Å². The number of piperazine rings is 1. The molecule has 13 heteroatoms. The van der Waals surface area contributed by atoms with Gasteiger partial charge in [-0.15, -0.1) is 0 Å². The summed E-state index contributed by atoms with van der Waals surface area (Å²) >= 11 is 6.39. The number of nitrogens with zero attached hydrogens (tertiary/aromatic N) is 8. The third-order valence-electron chi connectivity index (χ3n) is 7.80. The van der Waals surface area contributed by atoms with Gasteiger partial charge < -0.3 is 25.2 Å². The topological polar surface area (TPSA) is 128 Å². The van der Waals surface area contributed by atoms with Gasteiger partial charge in [-0.1, -0.05) is 18.2 Å². The van der Waals surface area contributed by atoms with Gasteiger partial charge in [0, 0.05) is 50.9 Å². The average Bonchev–Trinajstić information content (AvgIpc) is 3.53. The maximum absolute atomic E-state index is 13.7. The standard InChI is InChI=1S/C27H33ClFN9O2/c1-17(29)26(39)38-11-10-37(12-18(38)7-8-30)25-20-13-36(15-23-21(28)5-6-24(31)32-23)14-22(20)33-27(34-25)40-16-19-4-3-9-35(19)2/h5-6,18-19H,1,3-4,7,9-16H2,2H3,(H2,31,32)/t18-,19-/m0/s1. The predicted molar refractivity (Wildman–Crippen MR) is 148 cm³/mol. The summed E-state index contributed by atoms with van der Waals surface area (Å²) in [5, 5.41) is 9.96. The number of hydrogen-bond donors (Lipinski definition) is 1. The molecule has 212 valence electrons. The number of aromatic nitrogens is 3. The number of nitrogen functional groups attached to an aromatic ring is 1. The summed E-state index contributed by atoms with van der Waals surface area (Å²) in [6.07, 6.45) is 2.25. The van der Waals surface area contributed by atoms with Crippen LogP contribution in [0.25, 0.3) is 0 Å². The lowest BCUT2D eigenvalue weighted by Gasteiger charge is -2.41.